The van der Waals surface area contributed by atoms with E-state index in [1.54, 1.807) is 13.0 Å². The molecule has 0 bridgehead atoms. The van der Waals surface area contributed by atoms with E-state index < -0.39 is 0 Å². The number of hydrogen-bond acceptors (Lipinski definition) is 5. The molecule has 0 saturated heterocycles. The number of aromatic nitrogens is 1. The van der Waals surface area contributed by atoms with Gasteiger partial charge in [0.2, 0.25) is 5.91 Å². The Morgan fingerprint density at radius 1 is 1.48 bits per heavy atom. The average Bonchev–Trinajstić information content (AvgIpc) is 3.01. The van der Waals surface area contributed by atoms with Crippen molar-refractivity contribution in [2.45, 2.75) is 25.9 Å². The lowest BCUT2D eigenvalue weighted by Gasteiger charge is -2.10. The molecule has 0 aliphatic heterocycles. The van der Waals surface area contributed by atoms with Crippen molar-refractivity contribution in [2.24, 2.45) is 0 Å². The molecule has 3 rings (SSSR count). The van der Waals surface area contributed by atoms with Crippen molar-refractivity contribution in [3.63, 3.8) is 0 Å². The third-order valence-corrected chi connectivity index (χ3v) is 3.50. The second-order valence-corrected chi connectivity index (χ2v) is 5.23. The zero-order valence-corrected chi connectivity index (χ0v) is 11.7. The van der Waals surface area contributed by atoms with Gasteiger partial charge in [-0.2, -0.15) is 0 Å². The van der Waals surface area contributed by atoms with Crippen LogP contribution in [-0.2, 0) is 17.6 Å². The van der Waals surface area contributed by atoms with E-state index >= 15 is 0 Å². The summed E-state index contributed by atoms with van der Waals surface area (Å²) in [5.74, 6) is 0.862. The number of aliphatic hydroxyl groups excluding tert-OH is 1. The number of nitrogens with one attached hydrogen (secondary N) is 2. The normalized spacial score (nSPS) is 16.6. The molecule has 1 heterocycles. The Bertz CT molecular complexity index is 666. The molecule has 1 aliphatic carbocycles. The lowest BCUT2D eigenvalue weighted by molar-refractivity contribution is -0.114. The Balaban J connectivity index is 1.61. The first kappa shape index (κ1) is 13.6. The van der Waals surface area contributed by atoms with Gasteiger partial charge in [-0.25, -0.2) is 0 Å². The zero-order valence-electron chi connectivity index (χ0n) is 11.7. The monoisotopic (exact) mass is 287 g/mol. The van der Waals surface area contributed by atoms with Crippen LogP contribution in [0.1, 0.15) is 16.9 Å². The summed E-state index contributed by atoms with van der Waals surface area (Å²) in [6.07, 6.45) is 0.979. The number of rotatable bonds is 4. The summed E-state index contributed by atoms with van der Waals surface area (Å²) in [4.78, 5) is 11.9. The van der Waals surface area contributed by atoms with Crippen LogP contribution < -0.4 is 10.6 Å². The number of aliphatic hydroxyl groups is 1. The van der Waals surface area contributed by atoms with Crippen LogP contribution in [0.2, 0.25) is 0 Å². The predicted octanol–water partition coefficient (Wildman–Crippen LogP) is 1.49. The maximum Gasteiger partial charge on any atom is 0.244 e. The number of aryl methyl sites for hydroxylation is 1. The van der Waals surface area contributed by atoms with E-state index in [0.717, 1.165) is 16.8 Å². The molecule has 0 fully saturated rings. The number of carbonyl (C=O) groups is 1. The molecule has 2 aromatic rings. The molecule has 6 nitrogen and oxygen atoms in total. The molecule has 110 valence electrons. The van der Waals surface area contributed by atoms with E-state index in [4.69, 9.17) is 4.52 Å². The minimum absolute atomic E-state index is 0.137. The Hall–Kier alpha value is -2.34. The van der Waals surface area contributed by atoms with Gasteiger partial charge in [0, 0.05) is 18.2 Å². The van der Waals surface area contributed by atoms with Crippen LogP contribution in [0.25, 0.3) is 0 Å². The van der Waals surface area contributed by atoms with Crippen molar-refractivity contribution < 1.29 is 14.4 Å². The van der Waals surface area contributed by atoms with Crippen molar-refractivity contribution >= 4 is 17.4 Å². The third-order valence-electron chi connectivity index (χ3n) is 3.50. The average molecular weight is 287 g/mol. The van der Waals surface area contributed by atoms with Gasteiger partial charge < -0.3 is 20.3 Å². The smallest absolute Gasteiger partial charge is 0.244 e. The highest BCUT2D eigenvalue weighted by atomic mass is 16.5. The minimum atomic E-state index is -0.324. The molecule has 1 aromatic carbocycles. The third kappa shape index (κ3) is 3.05. The van der Waals surface area contributed by atoms with Crippen molar-refractivity contribution in [1.29, 1.82) is 0 Å². The van der Waals surface area contributed by atoms with Gasteiger partial charge in [-0.15, -0.1) is 0 Å². The molecule has 0 radical (unpaired) electrons. The molecule has 21 heavy (non-hydrogen) atoms. The molecule has 1 unspecified atom stereocenters. The summed E-state index contributed by atoms with van der Waals surface area (Å²) >= 11 is 0. The quantitative estimate of drug-likeness (QED) is 0.793. The first-order valence-corrected chi connectivity index (χ1v) is 6.87. The molecule has 0 spiro atoms. The topological polar surface area (TPSA) is 87.4 Å². The van der Waals surface area contributed by atoms with Gasteiger partial charge in [0.1, 0.15) is 5.76 Å². The number of nitrogens with zero attached hydrogens (tertiary/aromatic N) is 1. The summed E-state index contributed by atoms with van der Waals surface area (Å²) in [5.41, 5.74) is 3.13. The molecular weight excluding hydrogens is 270 g/mol. The van der Waals surface area contributed by atoms with Crippen LogP contribution in [-0.4, -0.2) is 28.8 Å². The Kier molecular flexibility index (Phi) is 3.62. The van der Waals surface area contributed by atoms with E-state index in [9.17, 15) is 9.90 Å². The minimum Gasteiger partial charge on any atom is -0.392 e. The molecule has 1 aromatic heterocycles. The summed E-state index contributed by atoms with van der Waals surface area (Å²) in [6, 6.07) is 7.52. The van der Waals surface area contributed by atoms with Crippen molar-refractivity contribution in [3.8, 4) is 0 Å². The first-order chi connectivity index (χ1) is 10.1. The van der Waals surface area contributed by atoms with E-state index in [1.165, 1.54) is 0 Å². The van der Waals surface area contributed by atoms with Gasteiger partial charge in [-0.3, -0.25) is 4.79 Å². The highest BCUT2D eigenvalue weighted by molar-refractivity contribution is 5.93. The van der Waals surface area contributed by atoms with Gasteiger partial charge in [0.25, 0.3) is 0 Å². The fraction of sp³-hybridized carbons (Fsp3) is 0.333. The van der Waals surface area contributed by atoms with Crippen molar-refractivity contribution in [3.05, 3.63) is 41.2 Å². The largest absolute Gasteiger partial charge is 0.392 e. The predicted molar refractivity (Wildman–Crippen MR) is 78.2 cm³/mol. The van der Waals surface area contributed by atoms with Crippen molar-refractivity contribution in [2.75, 3.05) is 17.2 Å². The second kappa shape index (κ2) is 5.57. The zero-order chi connectivity index (χ0) is 14.8. The number of hydrogen-bond donors (Lipinski definition) is 3. The lowest BCUT2D eigenvalue weighted by Crippen LogP contribution is -2.22. The summed E-state index contributed by atoms with van der Waals surface area (Å²) in [5, 5.41) is 19.2. The van der Waals surface area contributed by atoms with E-state index in [1.807, 2.05) is 18.2 Å². The van der Waals surface area contributed by atoms with Crippen LogP contribution in [0.5, 0.6) is 0 Å². The molecule has 0 saturated carbocycles. The Labute approximate surface area is 122 Å². The molecule has 6 heteroatoms. The highest BCUT2D eigenvalue weighted by Crippen LogP contribution is 2.28. The summed E-state index contributed by atoms with van der Waals surface area (Å²) < 4.78 is 4.89. The van der Waals surface area contributed by atoms with Gasteiger partial charge in [-0.1, -0.05) is 17.3 Å². The van der Waals surface area contributed by atoms with E-state index in [-0.39, 0.29) is 18.6 Å². The second-order valence-electron chi connectivity index (χ2n) is 5.23. The fourth-order valence-corrected chi connectivity index (χ4v) is 2.58. The van der Waals surface area contributed by atoms with Crippen LogP contribution in [0.15, 0.2) is 28.8 Å². The van der Waals surface area contributed by atoms with Gasteiger partial charge >= 0.3 is 0 Å². The molecular formula is C15H17N3O3. The number of fused-ring (bicyclic) bond motifs is 1. The van der Waals surface area contributed by atoms with Gasteiger partial charge in [0.05, 0.1) is 12.6 Å². The molecule has 1 amide bonds. The van der Waals surface area contributed by atoms with Crippen molar-refractivity contribution in [1.82, 2.24) is 5.16 Å². The number of anilines is 2. The summed E-state index contributed by atoms with van der Waals surface area (Å²) in [7, 11) is 0. The standard InChI is InChI=1S/C15H17N3O3/c1-9-5-14(18-21-9)17-15(20)8-16-13-4-2-3-10-6-11(19)7-12(10)13/h2-5,11,16,19H,6-8H2,1H3,(H,17,18,20). The maximum atomic E-state index is 11.9. The molecule has 1 atom stereocenters. The van der Waals surface area contributed by atoms with Crippen LogP contribution >= 0.6 is 0 Å². The highest BCUT2D eigenvalue weighted by Gasteiger charge is 2.21. The summed E-state index contributed by atoms with van der Waals surface area (Å²) in [6.45, 7) is 1.90. The lowest BCUT2D eigenvalue weighted by atomic mass is 10.1. The first-order valence-electron chi connectivity index (χ1n) is 6.87. The molecule has 3 N–H and O–H groups in total. The number of carbonyl (C=O) groups excluding carboxylic acids is 1. The van der Waals surface area contributed by atoms with E-state index in [2.05, 4.69) is 15.8 Å². The van der Waals surface area contributed by atoms with Gasteiger partial charge in [-0.05, 0) is 30.5 Å². The fourth-order valence-electron chi connectivity index (χ4n) is 2.58. The number of amides is 1. The number of benzene rings is 1. The molecule has 1 aliphatic rings. The Morgan fingerprint density at radius 3 is 3.10 bits per heavy atom. The Morgan fingerprint density at radius 2 is 2.33 bits per heavy atom. The van der Waals surface area contributed by atoms with Crippen LogP contribution in [0, 0.1) is 6.92 Å². The maximum absolute atomic E-state index is 11.9. The SMILES string of the molecule is Cc1cc(NC(=O)CNc2cccc3c2CC(O)C3)no1. The van der Waals surface area contributed by atoms with Gasteiger partial charge in [0.15, 0.2) is 5.82 Å². The van der Waals surface area contributed by atoms with E-state index in [0.29, 0.717) is 24.4 Å². The van der Waals surface area contributed by atoms with Crippen LogP contribution in [0.4, 0.5) is 11.5 Å². The van der Waals surface area contributed by atoms with Crippen LogP contribution in [0.3, 0.4) is 0 Å².